The Hall–Kier alpha value is 0.0300. The molecule has 0 fully saturated rings. The highest BCUT2D eigenvalue weighted by atomic mass is 32.2. The van der Waals surface area contributed by atoms with Gasteiger partial charge in [0.1, 0.15) is 0 Å². The van der Waals surface area contributed by atoms with Gasteiger partial charge < -0.3 is 0 Å². The summed E-state index contributed by atoms with van der Waals surface area (Å²) in [6.45, 7) is 5.31. The van der Waals surface area contributed by atoms with E-state index in [4.69, 9.17) is 9.39 Å². The summed E-state index contributed by atoms with van der Waals surface area (Å²) in [5.74, 6) is 0. The van der Waals surface area contributed by atoms with Gasteiger partial charge in [-0.05, 0) is 20.8 Å². The maximum absolute atomic E-state index is 9.92. The van der Waals surface area contributed by atoms with Crippen molar-refractivity contribution in [2.24, 2.45) is 0 Å². The molecule has 0 radical (unpaired) electrons. The zero-order valence-electron chi connectivity index (χ0n) is 5.67. The Kier molecular flexibility index (Phi) is 3.27. The summed E-state index contributed by atoms with van der Waals surface area (Å²) in [4.78, 5) is 6.60. The molecule has 0 aromatic heterocycles. The summed E-state index contributed by atoms with van der Waals surface area (Å²) in [5, 5.41) is 0. The molecule has 5 heteroatoms. The van der Waals surface area contributed by atoms with Crippen LogP contribution in [0.4, 0.5) is 0 Å². The summed E-state index contributed by atoms with van der Waals surface area (Å²) in [6.07, 6.45) is 0. The predicted octanol–water partition coefficient (Wildman–Crippen LogP) is 0.443. The van der Waals surface area contributed by atoms with Crippen molar-refractivity contribution in [3.05, 3.63) is 0 Å². The van der Waals surface area contributed by atoms with E-state index in [0.29, 0.717) is 0 Å². The summed E-state index contributed by atoms with van der Waals surface area (Å²) in [7, 11) is 0. The predicted molar refractivity (Wildman–Crippen MR) is 34.7 cm³/mol. The standard InChI is InChI=1S/C4H11NO3S/c1-4(2,3)8-5-9(6)7/h5H,1-3H3,(H,6,7). The zero-order chi connectivity index (χ0) is 7.49. The fraction of sp³-hybridized carbons (Fsp3) is 1.00. The van der Waals surface area contributed by atoms with Crippen LogP contribution < -0.4 is 4.89 Å². The molecule has 0 amide bonds. The lowest BCUT2D eigenvalue weighted by Crippen LogP contribution is -2.29. The van der Waals surface area contributed by atoms with Crippen LogP contribution in [-0.2, 0) is 16.1 Å². The first-order valence-corrected chi connectivity index (χ1v) is 3.57. The molecule has 0 saturated carbocycles. The fourth-order valence-electron chi connectivity index (χ4n) is 0.161. The summed E-state index contributed by atoms with van der Waals surface area (Å²) in [5.41, 5.74) is -0.432. The van der Waals surface area contributed by atoms with Crippen LogP contribution in [0.3, 0.4) is 0 Å². The first kappa shape index (κ1) is 9.03. The number of hydrogen-bond acceptors (Lipinski definition) is 2. The van der Waals surface area contributed by atoms with E-state index >= 15 is 0 Å². The topological polar surface area (TPSA) is 58.6 Å². The van der Waals surface area contributed by atoms with E-state index in [-0.39, 0.29) is 0 Å². The van der Waals surface area contributed by atoms with Gasteiger partial charge >= 0.3 is 0 Å². The van der Waals surface area contributed by atoms with Gasteiger partial charge in [0.2, 0.25) is 0 Å². The molecule has 0 aliphatic rings. The van der Waals surface area contributed by atoms with Crippen molar-refractivity contribution < 1.29 is 13.6 Å². The molecule has 1 atom stereocenters. The van der Waals surface area contributed by atoms with Crippen molar-refractivity contribution in [2.45, 2.75) is 26.4 Å². The maximum atomic E-state index is 9.92. The largest absolute Gasteiger partial charge is 0.292 e. The SMILES string of the molecule is CC(C)(C)ONS(=O)O. The molecule has 9 heavy (non-hydrogen) atoms. The smallest absolute Gasteiger partial charge is 0.256 e. The van der Waals surface area contributed by atoms with Crippen LogP contribution in [-0.4, -0.2) is 14.4 Å². The first-order valence-electron chi connectivity index (χ1n) is 2.46. The highest BCUT2D eigenvalue weighted by Gasteiger charge is 2.10. The molecule has 0 heterocycles. The Morgan fingerprint density at radius 3 is 2.11 bits per heavy atom. The molecule has 4 nitrogen and oxygen atoms in total. The minimum Gasteiger partial charge on any atom is -0.292 e. The average Bonchev–Trinajstić information content (AvgIpc) is 1.59. The third kappa shape index (κ3) is 8.03. The summed E-state index contributed by atoms with van der Waals surface area (Å²) >= 11 is -2.08. The molecule has 0 rings (SSSR count). The lowest BCUT2D eigenvalue weighted by atomic mass is 10.2. The molecule has 1 unspecified atom stereocenters. The quantitative estimate of drug-likeness (QED) is 0.447. The van der Waals surface area contributed by atoms with E-state index < -0.39 is 16.9 Å². The van der Waals surface area contributed by atoms with Gasteiger partial charge in [0, 0.05) is 0 Å². The third-order valence-corrected chi connectivity index (χ3v) is 0.645. The normalized spacial score (nSPS) is 15.6. The number of nitrogens with one attached hydrogen (secondary N) is 1. The van der Waals surface area contributed by atoms with Crippen molar-refractivity contribution in [3.8, 4) is 0 Å². The zero-order valence-corrected chi connectivity index (χ0v) is 6.49. The van der Waals surface area contributed by atoms with Gasteiger partial charge in [0.05, 0.1) is 5.60 Å². The molecule has 0 aromatic carbocycles. The van der Waals surface area contributed by atoms with Gasteiger partial charge in [0.25, 0.3) is 11.3 Å². The molecule has 2 N–H and O–H groups in total. The van der Waals surface area contributed by atoms with E-state index in [0.717, 1.165) is 0 Å². The van der Waals surface area contributed by atoms with Crippen molar-refractivity contribution >= 4 is 11.3 Å². The van der Waals surface area contributed by atoms with Crippen LogP contribution >= 0.6 is 0 Å². The van der Waals surface area contributed by atoms with E-state index in [1.807, 2.05) is 4.89 Å². The highest BCUT2D eigenvalue weighted by molar-refractivity contribution is 7.76. The second kappa shape index (κ2) is 3.26. The van der Waals surface area contributed by atoms with E-state index in [1.54, 1.807) is 20.8 Å². The van der Waals surface area contributed by atoms with Gasteiger partial charge in [-0.3, -0.25) is 9.39 Å². The van der Waals surface area contributed by atoms with Crippen molar-refractivity contribution in [1.82, 2.24) is 4.89 Å². The van der Waals surface area contributed by atoms with Crippen LogP contribution in [0, 0.1) is 0 Å². The van der Waals surface area contributed by atoms with Gasteiger partial charge in [0.15, 0.2) is 0 Å². The second-order valence-corrected chi connectivity index (χ2v) is 3.21. The molecule has 0 saturated heterocycles. The van der Waals surface area contributed by atoms with Crippen LogP contribution in [0.1, 0.15) is 20.8 Å². The lowest BCUT2D eigenvalue weighted by Gasteiger charge is -2.16. The van der Waals surface area contributed by atoms with Crippen LogP contribution in [0.5, 0.6) is 0 Å². The highest BCUT2D eigenvalue weighted by Crippen LogP contribution is 2.02. The molecule has 0 bridgehead atoms. The fourth-order valence-corrected chi connectivity index (χ4v) is 0.482. The molecule has 0 aliphatic heterocycles. The van der Waals surface area contributed by atoms with Gasteiger partial charge in [-0.15, -0.1) is 0 Å². The van der Waals surface area contributed by atoms with E-state index in [2.05, 4.69) is 0 Å². The average molecular weight is 153 g/mol. The third-order valence-electron chi connectivity index (χ3n) is 0.419. The van der Waals surface area contributed by atoms with E-state index in [9.17, 15) is 4.21 Å². The summed E-state index contributed by atoms with van der Waals surface area (Å²) < 4.78 is 18.1. The monoisotopic (exact) mass is 153 g/mol. The molecule has 56 valence electrons. The maximum Gasteiger partial charge on any atom is 0.256 e. The van der Waals surface area contributed by atoms with Gasteiger partial charge in [-0.2, -0.15) is 0 Å². The molecular formula is C4H11NO3S. The number of rotatable bonds is 2. The van der Waals surface area contributed by atoms with Crippen molar-refractivity contribution in [2.75, 3.05) is 0 Å². The van der Waals surface area contributed by atoms with Gasteiger partial charge in [-0.1, -0.05) is 4.89 Å². The molecular weight excluding hydrogens is 142 g/mol. The van der Waals surface area contributed by atoms with Gasteiger partial charge in [-0.25, -0.2) is 4.21 Å². The lowest BCUT2D eigenvalue weighted by molar-refractivity contribution is -0.0362. The Morgan fingerprint density at radius 1 is 1.56 bits per heavy atom. The van der Waals surface area contributed by atoms with Crippen LogP contribution in [0.15, 0.2) is 0 Å². The first-order chi connectivity index (χ1) is 3.92. The van der Waals surface area contributed by atoms with Crippen LogP contribution in [0.25, 0.3) is 0 Å². The second-order valence-electron chi connectivity index (χ2n) is 2.55. The summed E-state index contributed by atoms with van der Waals surface area (Å²) in [6, 6.07) is 0. The Morgan fingerprint density at radius 2 is 2.00 bits per heavy atom. The van der Waals surface area contributed by atoms with Crippen molar-refractivity contribution in [1.29, 1.82) is 0 Å². The molecule has 0 aromatic rings. The Labute approximate surface area is 57.0 Å². The van der Waals surface area contributed by atoms with E-state index in [1.165, 1.54) is 0 Å². The minimum atomic E-state index is -2.08. The van der Waals surface area contributed by atoms with Crippen molar-refractivity contribution in [3.63, 3.8) is 0 Å². The minimum absolute atomic E-state index is 0.432. The molecule has 0 spiro atoms. The van der Waals surface area contributed by atoms with Crippen LogP contribution in [0.2, 0.25) is 0 Å². The number of hydrogen-bond donors (Lipinski definition) is 2. The molecule has 0 aliphatic carbocycles. The Balaban J connectivity index is 3.39. The Bertz CT molecular complexity index is 109.